The van der Waals surface area contributed by atoms with Gasteiger partial charge < -0.3 is 9.64 Å². The Bertz CT molecular complexity index is 4300. The third-order valence-corrected chi connectivity index (χ3v) is 15.2. The standard InChI is InChI=1S/C66H41NOS/c1-2-19-42(20-3-1)44-21-12-15-33-61(44)67(62-34-18-32-56-51-28-10-9-27-50(51)54-30-13-16-35-63(54)68-66(56)62)43-37-38-53-49-26-7-6-24-47(49)45-22-4-5-23-46(45)48-25-8-11-29-52(48)59-41-65-60(40-58(59)57(53)39-43)55-31-14-17-36-64(55)69-65/h1-41H. The minimum Gasteiger partial charge on any atom is -0.454 e. The molecule has 0 fully saturated rings. The van der Waals surface area contributed by atoms with E-state index in [4.69, 9.17) is 4.74 Å². The van der Waals surface area contributed by atoms with Crippen LogP contribution in [0, 0.1) is 0 Å². The Hall–Kier alpha value is -8.76. The lowest BCUT2D eigenvalue weighted by Gasteiger charge is -2.30. The number of fused-ring (bicyclic) bond motifs is 18. The van der Waals surface area contributed by atoms with Crippen LogP contribution in [0.3, 0.4) is 0 Å². The Labute approximate surface area is 403 Å². The fraction of sp³-hybridized carbons (Fsp3) is 0. The van der Waals surface area contributed by atoms with E-state index >= 15 is 0 Å². The van der Waals surface area contributed by atoms with Crippen molar-refractivity contribution in [3.8, 4) is 44.9 Å². The van der Waals surface area contributed by atoms with Crippen LogP contribution in [-0.2, 0) is 0 Å². The van der Waals surface area contributed by atoms with E-state index in [2.05, 4.69) is 254 Å². The van der Waals surface area contributed by atoms with E-state index in [0.29, 0.717) is 0 Å². The monoisotopic (exact) mass is 895 g/mol. The molecule has 1 aromatic heterocycles. The third-order valence-electron chi connectivity index (χ3n) is 14.1. The third kappa shape index (κ3) is 6.32. The van der Waals surface area contributed by atoms with E-state index in [1.807, 2.05) is 11.3 Å². The highest BCUT2D eigenvalue weighted by molar-refractivity contribution is 7.25. The SMILES string of the molecule is c1ccc(-c2ccccc2N(c2ccc3c4ccccc4c4ccccc4c4ccccc4c4cc5sc6ccccc6c5cc4c3c2)c2cccc3c2Oc2ccccc2-c2ccccc2-3)cc1. The summed E-state index contributed by atoms with van der Waals surface area (Å²) in [7, 11) is 0. The minimum atomic E-state index is 0.806. The van der Waals surface area contributed by atoms with Gasteiger partial charge in [-0.1, -0.05) is 200 Å². The molecule has 322 valence electrons. The molecule has 0 amide bonds. The van der Waals surface area contributed by atoms with E-state index in [9.17, 15) is 0 Å². The summed E-state index contributed by atoms with van der Waals surface area (Å²) in [6, 6.07) is 91.0. The molecule has 13 aromatic rings. The van der Waals surface area contributed by atoms with Gasteiger partial charge in [0.1, 0.15) is 5.75 Å². The predicted octanol–water partition coefficient (Wildman–Crippen LogP) is 19.5. The number of ether oxygens (including phenoxy) is 1. The van der Waals surface area contributed by atoms with Crippen LogP contribution in [0.4, 0.5) is 17.1 Å². The molecule has 0 spiro atoms. The lowest BCUT2D eigenvalue weighted by Crippen LogP contribution is -2.12. The quantitative estimate of drug-likeness (QED) is 0.175. The lowest BCUT2D eigenvalue weighted by atomic mass is 9.93. The normalized spacial score (nSPS) is 11.9. The van der Waals surface area contributed by atoms with Gasteiger partial charge in [-0.3, -0.25) is 0 Å². The van der Waals surface area contributed by atoms with Crippen molar-refractivity contribution in [2.75, 3.05) is 4.90 Å². The van der Waals surface area contributed by atoms with Gasteiger partial charge in [0.15, 0.2) is 5.75 Å². The summed E-state index contributed by atoms with van der Waals surface area (Å²) in [6.07, 6.45) is 0. The van der Waals surface area contributed by atoms with Crippen molar-refractivity contribution < 1.29 is 4.74 Å². The van der Waals surface area contributed by atoms with Crippen LogP contribution in [-0.4, -0.2) is 0 Å². The van der Waals surface area contributed by atoms with Crippen LogP contribution in [0.2, 0.25) is 0 Å². The smallest absolute Gasteiger partial charge is 0.159 e. The van der Waals surface area contributed by atoms with E-state index < -0.39 is 0 Å². The maximum Gasteiger partial charge on any atom is 0.159 e. The molecule has 69 heavy (non-hydrogen) atoms. The number of para-hydroxylation sites is 3. The second-order valence-electron chi connectivity index (χ2n) is 17.9. The van der Waals surface area contributed by atoms with Gasteiger partial charge in [-0.25, -0.2) is 0 Å². The highest BCUT2D eigenvalue weighted by Gasteiger charge is 2.28. The van der Waals surface area contributed by atoms with Crippen molar-refractivity contribution in [1.82, 2.24) is 0 Å². The topological polar surface area (TPSA) is 12.5 Å². The van der Waals surface area contributed by atoms with Gasteiger partial charge in [0.25, 0.3) is 0 Å². The number of anilines is 3. The van der Waals surface area contributed by atoms with Crippen LogP contribution in [0.5, 0.6) is 11.5 Å². The Kier molecular flexibility index (Phi) is 9.11. The Morgan fingerprint density at radius 3 is 1.45 bits per heavy atom. The summed E-state index contributed by atoms with van der Waals surface area (Å²) in [5, 5.41) is 14.5. The molecule has 3 heteroatoms. The maximum atomic E-state index is 7.28. The molecule has 0 unspecified atom stereocenters. The van der Waals surface area contributed by atoms with Gasteiger partial charge >= 0.3 is 0 Å². The summed E-state index contributed by atoms with van der Waals surface area (Å²) in [6.45, 7) is 0. The molecule has 0 atom stereocenters. The van der Waals surface area contributed by atoms with Crippen LogP contribution in [0.25, 0.3) is 107 Å². The summed E-state index contributed by atoms with van der Waals surface area (Å²) < 4.78 is 9.84. The van der Waals surface area contributed by atoms with Crippen molar-refractivity contribution in [2.24, 2.45) is 0 Å². The van der Waals surface area contributed by atoms with Crippen molar-refractivity contribution in [1.29, 1.82) is 0 Å². The summed E-state index contributed by atoms with van der Waals surface area (Å²) >= 11 is 1.87. The number of hydrogen-bond acceptors (Lipinski definition) is 3. The molecule has 0 N–H and O–H groups in total. The molecular weight excluding hydrogens is 855 g/mol. The lowest BCUT2D eigenvalue weighted by molar-refractivity contribution is 0.489. The zero-order valence-corrected chi connectivity index (χ0v) is 38.3. The van der Waals surface area contributed by atoms with Crippen LogP contribution in [0.1, 0.15) is 0 Å². The Balaban J connectivity index is 1.17. The number of nitrogens with zero attached hydrogens (tertiary/aromatic N) is 1. The summed E-state index contributed by atoms with van der Waals surface area (Å²) in [5.41, 5.74) is 9.67. The first-order valence-corrected chi connectivity index (χ1v) is 24.4. The van der Waals surface area contributed by atoms with Gasteiger partial charge in [-0.05, 0) is 119 Å². The van der Waals surface area contributed by atoms with E-state index in [-0.39, 0.29) is 0 Å². The van der Waals surface area contributed by atoms with Crippen LogP contribution >= 0.6 is 11.3 Å². The highest BCUT2D eigenvalue weighted by Crippen LogP contribution is 2.54. The summed E-state index contributed by atoms with van der Waals surface area (Å²) in [4.78, 5) is 2.43. The second kappa shape index (κ2) is 16.0. The zero-order valence-electron chi connectivity index (χ0n) is 37.4. The number of benzene rings is 11. The minimum absolute atomic E-state index is 0.806. The van der Waals surface area contributed by atoms with E-state index in [1.165, 1.54) is 68.6 Å². The average molecular weight is 896 g/mol. The van der Waals surface area contributed by atoms with E-state index in [1.54, 1.807) is 0 Å². The van der Waals surface area contributed by atoms with Gasteiger partial charge in [0, 0.05) is 42.6 Å². The van der Waals surface area contributed by atoms with Gasteiger partial charge in [-0.15, -0.1) is 11.3 Å². The van der Waals surface area contributed by atoms with E-state index in [0.717, 1.165) is 67.3 Å². The second-order valence-corrected chi connectivity index (χ2v) is 19.0. The first-order chi connectivity index (χ1) is 34.2. The van der Waals surface area contributed by atoms with Crippen LogP contribution in [0.15, 0.2) is 249 Å². The van der Waals surface area contributed by atoms with Crippen molar-refractivity contribution in [3.05, 3.63) is 249 Å². The molecule has 1 aliphatic rings. The molecule has 2 heterocycles. The molecule has 0 bridgehead atoms. The van der Waals surface area contributed by atoms with Gasteiger partial charge in [0.05, 0.1) is 11.4 Å². The van der Waals surface area contributed by atoms with Gasteiger partial charge in [0.2, 0.25) is 0 Å². The fourth-order valence-corrected chi connectivity index (χ4v) is 12.1. The predicted molar refractivity (Wildman–Crippen MR) is 296 cm³/mol. The van der Waals surface area contributed by atoms with Crippen molar-refractivity contribution in [2.45, 2.75) is 0 Å². The molecule has 12 aromatic carbocycles. The molecule has 2 nitrogen and oxygen atoms in total. The average Bonchev–Trinajstić information content (AvgIpc) is 3.71. The Morgan fingerprint density at radius 2 is 0.754 bits per heavy atom. The van der Waals surface area contributed by atoms with Crippen molar-refractivity contribution in [3.63, 3.8) is 0 Å². The first kappa shape index (κ1) is 39.4. The molecule has 0 aliphatic carbocycles. The van der Waals surface area contributed by atoms with Crippen molar-refractivity contribution >= 4 is 102 Å². The molecule has 14 rings (SSSR count). The summed E-state index contributed by atoms with van der Waals surface area (Å²) in [5.74, 6) is 1.63. The number of thiophene rings is 1. The molecule has 0 saturated carbocycles. The zero-order chi connectivity index (χ0) is 45.4. The highest BCUT2D eigenvalue weighted by atomic mass is 32.1. The van der Waals surface area contributed by atoms with Crippen LogP contribution < -0.4 is 9.64 Å². The first-order valence-electron chi connectivity index (χ1n) is 23.6. The largest absolute Gasteiger partial charge is 0.454 e. The molecule has 0 radical (unpaired) electrons. The Morgan fingerprint density at radius 1 is 0.275 bits per heavy atom. The maximum absolute atomic E-state index is 7.28. The number of rotatable bonds is 4. The molecule has 0 saturated heterocycles. The molecular formula is C66H41NOS. The van der Waals surface area contributed by atoms with Gasteiger partial charge in [-0.2, -0.15) is 0 Å². The number of hydrogen-bond donors (Lipinski definition) is 0. The fourth-order valence-electron chi connectivity index (χ4n) is 11.0. The molecule has 1 aliphatic heterocycles.